The zero-order valence-corrected chi connectivity index (χ0v) is 10.2. The van der Waals surface area contributed by atoms with E-state index >= 15 is 0 Å². The normalized spacial score (nSPS) is 10.2. The minimum Gasteiger partial charge on any atom is -0.463 e. The van der Waals surface area contributed by atoms with Gasteiger partial charge in [-0.15, -0.1) is 0 Å². The van der Waals surface area contributed by atoms with E-state index in [0.29, 0.717) is 12.6 Å². The molecule has 0 amide bonds. The summed E-state index contributed by atoms with van der Waals surface area (Å²) in [5.74, 6) is 0.925. The van der Waals surface area contributed by atoms with Crippen LogP contribution in [0.5, 0.6) is 6.01 Å². The van der Waals surface area contributed by atoms with Crippen LogP contribution in [0.3, 0.4) is 0 Å². The predicted molar refractivity (Wildman–Crippen MR) is 61.6 cm³/mol. The van der Waals surface area contributed by atoms with Crippen molar-refractivity contribution in [2.75, 3.05) is 25.6 Å². The van der Waals surface area contributed by atoms with Gasteiger partial charge in [-0.1, -0.05) is 6.92 Å². The van der Waals surface area contributed by atoms with Crippen molar-refractivity contribution in [2.45, 2.75) is 27.2 Å². The third-order valence-corrected chi connectivity index (χ3v) is 2.20. The van der Waals surface area contributed by atoms with Gasteiger partial charge in [0.15, 0.2) is 0 Å². The largest absolute Gasteiger partial charge is 0.463 e. The minimum atomic E-state index is 0.476. The highest BCUT2D eigenvalue weighted by Crippen LogP contribution is 2.20. The second-order valence-corrected chi connectivity index (χ2v) is 3.78. The number of ether oxygens (including phenoxy) is 1. The minimum absolute atomic E-state index is 0.476. The molecule has 15 heavy (non-hydrogen) atoms. The monoisotopic (exact) mass is 209 g/mol. The lowest BCUT2D eigenvalue weighted by Crippen LogP contribution is -2.15. The molecule has 4 heteroatoms. The van der Waals surface area contributed by atoms with Gasteiger partial charge in [-0.3, -0.25) is 0 Å². The quantitative estimate of drug-likeness (QED) is 0.759. The maximum absolute atomic E-state index is 5.43. The van der Waals surface area contributed by atoms with Crippen LogP contribution in [0.15, 0.2) is 0 Å². The third-order valence-electron chi connectivity index (χ3n) is 2.20. The zero-order chi connectivity index (χ0) is 11.4. The Bertz CT molecular complexity index is 337. The molecule has 0 saturated heterocycles. The van der Waals surface area contributed by atoms with E-state index in [1.54, 1.807) is 0 Å². The molecule has 0 aromatic carbocycles. The molecule has 0 aliphatic carbocycles. The molecule has 4 nitrogen and oxygen atoms in total. The fraction of sp³-hybridized carbons (Fsp3) is 0.636. The lowest BCUT2D eigenvalue weighted by molar-refractivity contribution is 0.291. The highest BCUT2D eigenvalue weighted by molar-refractivity contribution is 5.47. The van der Waals surface area contributed by atoms with Gasteiger partial charge in [0.1, 0.15) is 5.82 Å². The van der Waals surface area contributed by atoms with E-state index in [1.165, 1.54) is 0 Å². The first kappa shape index (κ1) is 11.8. The van der Waals surface area contributed by atoms with E-state index in [2.05, 4.69) is 16.9 Å². The van der Waals surface area contributed by atoms with Gasteiger partial charge in [0, 0.05) is 25.4 Å². The van der Waals surface area contributed by atoms with Gasteiger partial charge in [-0.2, -0.15) is 4.98 Å². The molecule has 1 aromatic heterocycles. The van der Waals surface area contributed by atoms with Crippen molar-refractivity contribution in [1.82, 2.24) is 9.97 Å². The molecular formula is C11H19N3O. The van der Waals surface area contributed by atoms with E-state index < -0.39 is 0 Å². The zero-order valence-electron chi connectivity index (χ0n) is 10.2. The summed E-state index contributed by atoms with van der Waals surface area (Å²) in [5.41, 5.74) is 2.07. The molecule has 0 fully saturated rings. The summed E-state index contributed by atoms with van der Waals surface area (Å²) in [4.78, 5) is 10.6. The van der Waals surface area contributed by atoms with Crippen molar-refractivity contribution >= 4 is 5.82 Å². The molecule has 0 bridgehead atoms. The lowest BCUT2D eigenvalue weighted by Gasteiger charge is -2.16. The summed E-state index contributed by atoms with van der Waals surface area (Å²) in [6.45, 7) is 6.72. The highest BCUT2D eigenvalue weighted by Gasteiger charge is 2.09. The van der Waals surface area contributed by atoms with Gasteiger partial charge in [0.05, 0.1) is 6.61 Å². The van der Waals surface area contributed by atoms with E-state index in [1.807, 2.05) is 32.8 Å². The van der Waals surface area contributed by atoms with Gasteiger partial charge in [-0.05, 0) is 20.3 Å². The van der Waals surface area contributed by atoms with Crippen LogP contribution in [0.1, 0.15) is 24.6 Å². The first-order valence-electron chi connectivity index (χ1n) is 5.21. The SMILES string of the molecule is CCCOc1nc(C)c(C)c(N(C)C)n1. The summed E-state index contributed by atoms with van der Waals surface area (Å²) in [5, 5.41) is 0. The molecule has 1 heterocycles. The van der Waals surface area contributed by atoms with Crippen molar-refractivity contribution in [3.05, 3.63) is 11.3 Å². The first-order chi connectivity index (χ1) is 7.06. The predicted octanol–water partition coefficient (Wildman–Crippen LogP) is 1.95. The van der Waals surface area contributed by atoms with Crippen LogP contribution in [-0.4, -0.2) is 30.7 Å². The number of hydrogen-bond donors (Lipinski definition) is 0. The number of nitrogens with zero attached hydrogens (tertiary/aromatic N) is 3. The Morgan fingerprint density at radius 3 is 2.40 bits per heavy atom. The Balaban J connectivity index is 3.00. The summed E-state index contributed by atoms with van der Waals surface area (Å²) >= 11 is 0. The van der Waals surface area contributed by atoms with E-state index in [0.717, 1.165) is 23.5 Å². The third kappa shape index (κ3) is 2.81. The molecule has 1 aromatic rings. The second kappa shape index (κ2) is 4.96. The van der Waals surface area contributed by atoms with Gasteiger partial charge < -0.3 is 9.64 Å². The standard InChI is InChI=1S/C11H19N3O/c1-6-7-15-11-12-9(3)8(2)10(13-11)14(4)5/h6-7H2,1-5H3. The maximum Gasteiger partial charge on any atom is 0.318 e. The van der Waals surface area contributed by atoms with Crippen LogP contribution in [0.25, 0.3) is 0 Å². The Kier molecular flexibility index (Phi) is 3.88. The summed E-state index contributed by atoms with van der Waals surface area (Å²) < 4.78 is 5.43. The van der Waals surface area contributed by atoms with Crippen LogP contribution in [0.2, 0.25) is 0 Å². The van der Waals surface area contributed by atoms with E-state index in [9.17, 15) is 0 Å². The van der Waals surface area contributed by atoms with Crippen molar-refractivity contribution < 1.29 is 4.74 Å². The number of anilines is 1. The number of hydrogen-bond acceptors (Lipinski definition) is 4. The van der Waals surface area contributed by atoms with Crippen LogP contribution >= 0.6 is 0 Å². The fourth-order valence-corrected chi connectivity index (χ4v) is 1.28. The Morgan fingerprint density at radius 2 is 1.87 bits per heavy atom. The molecule has 0 aliphatic heterocycles. The van der Waals surface area contributed by atoms with Crippen LogP contribution in [-0.2, 0) is 0 Å². The van der Waals surface area contributed by atoms with Crippen LogP contribution in [0, 0.1) is 13.8 Å². The molecule has 1 rings (SSSR count). The first-order valence-corrected chi connectivity index (χ1v) is 5.21. The molecule has 0 saturated carbocycles. The van der Waals surface area contributed by atoms with Crippen molar-refractivity contribution in [3.8, 4) is 6.01 Å². The number of rotatable bonds is 4. The fourth-order valence-electron chi connectivity index (χ4n) is 1.28. The molecule has 0 N–H and O–H groups in total. The number of aromatic nitrogens is 2. The molecule has 0 unspecified atom stereocenters. The highest BCUT2D eigenvalue weighted by atomic mass is 16.5. The summed E-state index contributed by atoms with van der Waals surface area (Å²) in [6, 6.07) is 0.476. The van der Waals surface area contributed by atoms with Gasteiger partial charge in [0.2, 0.25) is 0 Å². The van der Waals surface area contributed by atoms with Crippen LogP contribution < -0.4 is 9.64 Å². The molecule has 0 aliphatic rings. The van der Waals surface area contributed by atoms with Gasteiger partial charge in [-0.25, -0.2) is 4.98 Å². The summed E-state index contributed by atoms with van der Waals surface area (Å²) in [7, 11) is 3.94. The molecule has 0 spiro atoms. The molecular weight excluding hydrogens is 190 g/mol. The van der Waals surface area contributed by atoms with Crippen LogP contribution in [0.4, 0.5) is 5.82 Å². The smallest absolute Gasteiger partial charge is 0.318 e. The second-order valence-electron chi connectivity index (χ2n) is 3.78. The van der Waals surface area contributed by atoms with Gasteiger partial charge in [0.25, 0.3) is 0 Å². The average molecular weight is 209 g/mol. The van der Waals surface area contributed by atoms with Gasteiger partial charge >= 0.3 is 6.01 Å². The van der Waals surface area contributed by atoms with E-state index in [4.69, 9.17) is 4.74 Å². The van der Waals surface area contributed by atoms with Crippen molar-refractivity contribution in [3.63, 3.8) is 0 Å². The Hall–Kier alpha value is -1.32. The van der Waals surface area contributed by atoms with Crippen molar-refractivity contribution in [1.29, 1.82) is 0 Å². The Morgan fingerprint density at radius 1 is 1.20 bits per heavy atom. The van der Waals surface area contributed by atoms with Crippen molar-refractivity contribution in [2.24, 2.45) is 0 Å². The number of aryl methyl sites for hydroxylation is 1. The average Bonchev–Trinajstić information content (AvgIpc) is 2.19. The summed E-state index contributed by atoms with van der Waals surface area (Å²) in [6.07, 6.45) is 0.966. The maximum atomic E-state index is 5.43. The topological polar surface area (TPSA) is 38.2 Å². The molecule has 0 atom stereocenters. The molecule has 0 radical (unpaired) electrons. The lowest BCUT2D eigenvalue weighted by atomic mass is 10.2. The van der Waals surface area contributed by atoms with E-state index in [-0.39, 0.29) is 0 Å². The Labute approximate surface area is 91.3 Å². The molecule has 84 valence electrons.